The number of nitrogens with one attached hydrogen (secondary N) is 1. The summed E-state index contributed by atoms with van der Waals surface area (Å²) < 4.78 is 5.36. The molecule has 1 aliphatic heterocycles. The van der Waals surface area contributed by atoms with Crippen molar-refractivity contribution in [2.24, 2.45) is 0 Å². The van der Waals surface area contributed by atoms with Crippen molar-refractivity contribution < 1.29 is 4.74 Å². The predicted molar refractivity (Wildman–Crippen MR) is 67.0 cm³/mol. The van der Waals surface area contributed by atoms with Crippen LogP contribution in [0.15, 0.2) is 0 Å². The van der Waals surface area contributed by atoms with E-state index in [1.165, 1.54) is 17.0 Å². The van der Waals surface area contributed by atoms with Gasteiger partial charge in [-0.15, -0.1) is 0 Å². The summed E-state index contributed by atoms with van der Waals surface area (Å²) >= 11 is 0. The SMILES string of the molecule is CCOCCc1nc(CC)c2c(n1)CNCC2. The number of aryl methyl sites for hydroxylation is 1. The fourth-order valence-corrected chi connectivity index (χ4v) is 2.21. The first kappa shape index (κ1) is 12.5. The second kappa shape index (κ2) is 6.07. The minimum atomic E-state index is 0.714. The molecule has 0 atom stereocenters. The van der Waals surface area contributed by atoms with E-state index in [0.717, 1.165) is 44.8 Å². The molecule has 1 N–H and O–H groups in total. The number of aromatic nitrogens is 2. The van der Waals surface area contributed by atoms with E-state index in [1.807, 2.05) is 6.92 Å². The van der Waals surface area contributed by atoms with Gasteiger partial charge >= 0.3 is 0 Å². The zero-order valence-electron chi connectivity index (χ0n) is 10.8. The molecule has 2 rings (SSSR count). The minimum Gasteiger partial charge on any atom is -0.381 e. The second-order valence-electron chi connectivity index (χ2n) is 4.24. The highest BCUT2D eigenvalue weighted by molar-refractivity contribution is 5.28. The van der Waals surface area contributed by atoms with Crippen molar-refractivity contribution in [1.29, 1.82) is 0 Å². The van der Waals surface area contributed by atoms with Crippen LogP contribution >= 0.6 is 0 Å². The van der Waals surface area contributed by atoms with E-state index in [9.17, 15) is 0 Å². The third kappa shape index (κ3) is 3.01. The van der Waals surface area contributed by atoms with Gasteiger partial charge in [0, 0.05) is 25.3 Å². The maximum Gasteiger partial charge on any atom is 0.131 e. The fraction of sp³-hybridized carbons (Fsp3) is 0.692. The Kier molecular flexibility index (Phi) is 4.45. The Balaban J connectivity index is 2.17. The molecule has 4 nitrogen and oxygen atoms in total. The average Bonchev–Trinajstić information content (AvgIpc) is 2.38. The molecule has 4 heteroatoms. The molecule has 0 unspecified atom stereocenters. The maximum atomic E-state index is 5.36. The van der Waals surface area contributed by atoms with Crippen molar-refractivity contribution in [3.05, 3.63) is 22.8 Å². The Morgan fingerprint density at radius 2 is 2.18 bits per heavy atom. The standard InChI is InChI=1S/C13H21N3O/c1-3-11-10-5-7-14-9-12(10)16-13(15-11)6-8-17-4-2/h14H,3-9H2,1-2H3. The van der Waals surface area contributed by atoms with Crippen LogP contribution in [0.2, 0.25) is 0 Å². The molecule has 0 spiro atoms. The molecule has 1 aromatic heterocycles. The lowest BCUT2D eigenvalue weighted by Crippen LogP contribution is -2.27. The van der Waals surface area contributed by atoms with Gasteiger partial charge in [0.25, 0.3) is 0 Å². The second-order valence-corrected chi connectivity index (χ2v) is 4.24. The first-order valence-electron chi connectivity index (χ1n) is 6.51. The fourth-order valence-electron chi connectivity index (χ4n) is 2.21. The molecule has 0 aromatic carbocycles. The maximum absolute atomic E-state index is 5.36. The van der Waals surface area contributed by atoms with Crippen LogP contribution in [0.5, 0.6) is 0 Å². The van der Waals surface area contributed by atoms with Gasteiger partial charge in [-0.25, -0.2) is 9.97 Å². The molecule has 0 fully saturated rings. The topological polar surface area (TPSA) is 47.0 Å². The molecule has 1 aromatic rings. The van der Waals surface area contributed by atoms with Gasteiger partial charge in [-0.1, -0.05) is 6.92 Å². The van der Waals surface area contributed by atoms with E-state index < -0.39 is 0 Å². The Hall–Kier alpha value is -1.00. The summed E-state index contributed by atoms with van der Waals surface area (Å²) in [4.78, 5) is 9.30. The lowest BCUT2D eigenvalue weighted by molar-refractivity contribution is 0.149. The summed E-state index contributed by atoms with van der Waals surface area (Å²) in [5.74, 6) is 0.928. The molecule has 0 saturated heterocycles. The zero-order valence-corrected chi connectivity index (χ0v) is 10.8. The van der Waals surface area contributed by atoms with Gasteiger partial charge in [-0.05, 0) is 31.9 Å². The molecule has 0 amide bonds. The quantitative estimate of drug-likeness (QED) is 0.781. The highest BCUT2D eigenvalue weighted by atomic mass is 16.5. The average molecular weight is 235 g/mol. The smallest absolute Gasteiger partial charge is 0.131 e. The molecule has 0 radical (unpaired) electrons. The van der Waals surface area contributed by atoms with Crippen molar-refractivity contribution in [3.63, 3.8) is 0 Å². The number of ether oxygens (including phenoxy) is 1. The molecule has 0 aliphatic carbocycles. The Labute approximate surface area is 103 Å². The number of fused-ring (bicyclic) bond motifs is 1. The molecule has 1 aliphatic rings. The van der Waals surface area contributed by atoms with Gasteiger partial charge in [0.1, 0.15) is 5.82 Å². The summed E-state index contributed by atoms with van der Waals surface area (Å²) in [6.07, 6.45) is 2.87. The Bertz CT molecular complexity index is 362. The number of nitrogens with zero attached hydrogens (tertiary/aromatic N) is 2. The molecular formula is C13H21N3O. The first-order valence-corrected chi connectivity index (χ1v) is 6.51. The van der Waals surface area contributed by atoms with Crippen molar-refractivity contribution in [3.8, 4) is 0 Å². The van der Waals surface area contributed by atoms with Gasteiger partial charge in [0.2, 0.25) is 0 Å². The molecule has 17 heavy (non-hydrogen) atoms. The molecule has 94 valence electrons. The van der Waals surface area contributed by atoms with Gasteiger partial charge in [-0.2, -0.15) is 0 Å². The number of hydrogen-bond acceptors (Lipinski definition) is 4. The monoisotopic (exact) mass is 235 g/mol. The summed E-state index contributed by atoms with van der Waals surface area (Å²) in [5, 5.41) is 3.37. The predicted octanol–water partition coefficient (Wildman–Crippen LogP) is 1.26. The summed E-state index contributed by atoms with van der Waals surface area (Å²) in [7, 11) is 0. The largest absolute Gasteiger partial charge is 0.381 e. The van der Waals surface area contributed by atoms with E-state index in [0.29, 0.717) is 6.61 Å². The Morgan fingerprint density at radius 1 is 1.29 bits per heavy atom. The third-order valence-corrected chi connectivity index (χ3v) is 3.08. The van der Waals surface area contributed by atoms with Gasteiger partial charge in [-0.3, -0.25) is 0 Å². The van der Waals surface area contributed by atoms with Crippen LogP contribution in [-0.4, -0.2) is 29.7 Å². The van der Waals surface area contributed by atoms with Crippen molar-refractivity contribution in [1.82, 2.24) is 15.3 Å². The van der Waals surface area contributed by atoms with E-state index in [1.54, 1.807) is 0 Å². The molecular weight excluding hydrogens is 214 g/mol. The van der Waals surface area contributed by atoms with Gasteiger partial charge < -0.3 is 10.1 Å². The summed E-state index contributed by atoms with van der Waals surface area (Å²) in [5.41, 5.74) is 3.78. The highest BCUT2D eigenvalue weighted by Gasteiger charge is 2.16. The molecule has 0 saturated carbocycles. The van der Waals surface area contributed by atoms with Crippen LogP contribution in [0.1, 0.15) is 36.6 Å². The van der Waals surface area contributed by atoms with Gasteiger partial charge in [0.15, 0.2) is 0 Å². The minimum absolute atomic E-state index is 0.714. The van der Waals surface area contributed by atoms with Crippen LogP contribution in [0, 0.1) is 0 Å². The van der Waals surface area contributed by atoms with E-state index in [2.05, 4.69) is 22.2 Å². The molecule has 2 heterocycles. The van der Waals surface area contributed by atoms with Crippen LogP contribution in [0.3, 0.4) is 0 Å². The normalized spacial score (nSPS) is 14.7. The number of hydrogen-bond donors (Lipinski definition) is 1. The van der Waals surface area contributed by atoms with Crippen LogP contribution in [0.4, 0.5) is 0 Å². The van der Waals surface area contributed by atoms with Crippen molar-refractivity contribution in [2.75, 3.05) is 19.8 Å². The van der Waals surface area contributed by atoms with Crippen molar-refractivity contribution in [2.45, 2.75) is 39.7 Å². The lowest BCUT2D eigenvalue weighted by Gasteiger charge is -2.19. The van der Waals surface area contributed by atoms with Gasteiger partial charge in [0.05, 0.1) is 12.3 Å². The van der Waals surface area contributed by atoms with E-state index in [4.69, 9.17) is 4.74 Å². The Morgan fingerprint density at radius 3 is 2.94 bits per heavy atom. The molecule has 0 bridgehead atoms. The third-order valence-electron chi connectivity index (χ3n) is 3.08. The van der Waals surface area contributed by atoms with Crippen molar-refractivity contribution >= 4 is 0 Å². The van der Waals surface area contributed by atoms with Crippen LogP contribution in [0.25, 0.3) is 0 Å². The summed E-state index contributed by atoms with van der Waals surface area (Å²) in [6, 6.07) is 0. The number of rotatable bonds is 5. The zero-order chi connectivity index (χ0) is 12.1. The van der Waals surface area contributed by atoms with Crippen LogP contribution < -0.4 is 5.32 Å². The first-order chi connectivity index (χ1) is 8.35. The lowest BCUT2D eigenvalue weighted by atomic mass is 10.0. The van der Waals surface area contributed by atoms with Crippen LogP contribution in [-0.2, 0) is 30.5 Å². The van der Waals surface area contributed by atoms with E-state index >= 15 is 0 Å². The highest BCUT2D eigenvalue weighted by Crippen LogP contribution is 2.16. The van der Waals surface area contributed by atoms with E-state index in [-0.39, 0.29) is 0 Å². The summed E-state index contributed by atoms with van der Waals surface area (Å²) in [6.45, 7) is 7.57.